The van der Waals surface area contributed by atoms with Crippen LogP contribution in [-0.2, 0) is 11.8 Å². The maximum atomic E-state index is 5.36. The van der Waals surface area contributed by atoms with E-state index in [4.69, 9.17) is 4.74 Å². The van der Waals surface area contributed by atoms with Gasteiger partial charge in [0.05, 0.1) is 30.9 Å². The Balaban J connectivity index is 2.19. The Morgan fingerprint density at radius 1 is 1.60 bits per heavy atom. The minimum atomic E-state index is 0.187. The fraction of sp³-hybridized carbons (Fsp3) is 0.545. The van der Waals surface area contributed by atoms with Crippen LogP contribution in [0.4, 0.5) is 0 Å². The van der Waals surface area contributed by atoms with Gasteiger partial charge in [-0.05, 0) is 25.5 Å². The zero-order valence-electron chi connectivity index (χ0n) is 9.23. The quantitative estimate of drug-likeness (QED) is 0.813. The molecule has 0 aromatic carbocycles. The van der Waals surface area contributed by atoms with Crippen LogP contribution in [0.1, 0.15) is 24.6 Å². The number of likely N-dealkylation sites (N-methyl/N-ethyl adjacent to an activating group) is 1. The van der Waals surface area contributed by atoms with Crippen molar-refractivity contribution in [2.75, 3.05) is 13.7 Å². The number of hydrogen-bond acceptors (Lipinski definition) is 3. The highest BCUT2D eigenvalue weighted by atomic mass is 16.5. The Hall–Kier alpha value is -1.29. The normalized spacial score (nSPS) is 18.1. The molecule has 2 rings (SSSR count). The van der Waals surface area contributed by atoms with Gasteiger partial charge in [0, 0.05) is 13.2 Å². The predicted molar refractivity (Wildman–Crippen MR) is 58.3 cm³/mol. The summed E-state index contributed by atoms with van der Waals surface area (Å²) >= 11 is 0. The zero-order valence-corrected chi connectivity index (χ0v) is 9.23. The summed E-state index contributed by atoms with van der Waals surface area (Å²) in [5, 5.41) is 3.28. The van der Waals surface area contributed by atoms with Gasteiger partial charge in [0.15, 0.2) is 0 Å². The van der Waals surface area contributed by atoms with E-state index in [-0.39, 0.29) is 6.04 Å². The lowest BCUT2D eigenvalue weighted by Crippen LogP contribution is -2.21. The molecule has 1 aromatic rings. The summed E-state index contributed by atoms with van der Waals surface area (Å²) < 4.78 is 7.32. The largest absolute Gasteiger partial charge is 0.501 e. The molecule has 0 radical (unpaired) electrons. The van der Waals surface area contributed by atoms with Gasteiger partial charge < -0.3 is 14.6 Å². The van der Waals surface area contributed by atoms with Gasteiger partial charge >= 0.3 is 0 Å². The molecule has 1 atom stereocenters. The Morgan fingerprint density at radius 2 is 2.47 bits per heavy atom. The van der Waals surface area contributed by atoms with Crippen molar-refractivity contribution in [3.63, 3.8) is 0 Å². The molecule has 15 heavy (non-hydrogen) atoms. The van der Waals surface area contributed by atoms with E-state index in [0.29, 0.717) is 0 Å². The van der Waals surface area contributed by atoms with E-state index in [1.165, 1.54) is 5.57 Å². The molecule has 0 bridgehead atoms. The average molecular weight is 207 g/mol. The van der Waals surface area contributed by atoms with Crippen molar-refractivity contribution in [1.29, 1.82) is 0 Å². The molecule has 0 aliphatic carbocycles. The van der Waals surface area contributed by atoms with Gasteiger partial charge in [-0.1, -0.05) is 0 Å². The Bertz CT molecular complexity index is 356. The van der Waals surface area contributed by atoms with Gasteiger partial charge in [-0.2, -0.15) is 0 Å². The number of aryl methyl sites for hydroxylation is 1. The molecule has 0 saturated carbocycles. The van der Waals surface area contributed by atoms with Crippen LogP contribution in [0.5, 0.6) is 0 Å². The van der Waals surface area contributed by atoms with Crippen molar-refractivity contribution in [3.05, 3.63) is 30.1 Å². The fourth-order valence-corrected chi connectivity index (χ4v) is 1.90. The molecule has 1 N–H and O–H groups in total. The van der Waals surface area contributed by atoms with Crippen LogP contribution in [0.2, 0.25) is 0 Å². The lowest BCUT2D eigenvalue weighted by molar-refractivity contribution is 0.219. The summed E-state index contributed by atoms with van der Waals surface area (Å²) in [7, 11) is 3.93. The topological polar surface area (TPSA) is 39.1 Å². The number of aromatic nitrogens is 2. The molecular weight excluding hydrogens is 190 g/mol. The highest BCUT2D eigenvalue weighted by molar-refractivity contribution is 5.20. The van der Waals surface area contributed by atoms with E-state index >= 15 is 0 Å². The van der Waals surface area contributed by atoms with E-state index in [1.54, 1.807) is 0 Å². The lowest BCUT2D eigenvalue weighted by atomic mass is 10.00. The second-order valence-corrected chi connectivity index (χ2v) is 3.85. The first-order valence-electron chi connectivity index (χ1n) is 5.27. The Morgan fingerprint density at radius 3 is 3.00 bits per heavy atom. The van der Waals surface area contributed by atoms with Gasteiger partial charge in [0.2, 0.25) is 0 Å². The minimum absolute atomic E-state index is 0.187. The Labute approximate surface area is 90.0 Å². The molecule has 1 aliphatic rings. The SMILES string of the molecule is CNC(C1=COCCC1)c1cn(C)cn1. The smallest absolute Gasteiger partial charge is 0.0947 e. The molecule has 4 nitrogen and oxygen atoms in total. The minimum Gasteiger partial charge on any atom is -0.501 e. The average Bonchev–Trinajstić information content (AvgIpc) is 2.68. The van der Waals surface area contributed by atoms with E-state index in [9.17, 15) is 0 Å². The number of nitrogens with one attached hydrogen (secondary N) is 1. The number of nitrogens with zero attached hydrogens (tertiary/aromatic N) is 2. The van der Waals surface area contributed by atoms with Crippen LogP contribution in [-0.4, -0.2) is 23.2 Å². The van der Waals surface area contributed by atoms with E-state index in [1.807, 2.05) is 37.4 Å². The second kappa shape index (κ2) is 4.49. The highest BCUT2D eigenvalue weighted by Crippen LogP contribution is 2.25. The maximum Gasteiger partial charge on any atom is 0.0947 e. The second-order valence-electron chi connectivity index (χ2n) is 3.85. The first kappa shape index (κ1) is 10.2. The molecule has 1 aromatic heterocycles. The van der Waals surface area contributed by atoms with Gasteiger partial charge in [0.1, 0.15) is 0 Å². The summed E-state index contributed by atoms with van der Waals surface area (Å²) in [5.41, 5.74) is 2.33. The Kier molecular flexibility index (Phi) is 3.06. The molecular formula is C11H17N3O. The number of imidazole rings is 1. The predicted octanol–water partition coefficient (Wildman–Crippen LogP) is 1.37. The van der Waals surface area contributed by atoms with Gasteiger partial charge in [-0.25, -0.2) is 4.98 Å². The summed E-state index contributed by atoms with van der Waals surface area (Å²) in [6, 6.07) is 0.187. The summed E-state index contributed by atoms with van der Waals surface area (Å²) in [6.45, 7) is 0.835. The van der Waals surface area contributed by atoms with Gasteiger partial charge in [-0.3, -0.25) is 0 Å². The van der Waals surface area contributed by atoms with E-state index in [2.05, 4.69) is 10.3 Å². The van der Waals surface area contributed by atoms with Gasteiger partial charge in [-0.15, -0.1) is 0 Å². The molecule has 0 spiro atoms. The van der Waals surface area contributed by atoms with Crippen LogP contribution in [0, 0.1) is 0 Å². The molecule has 1 unspecified atom stereocenters. The standard InChI is InChI=1S/C11H17N3O/c1-12-11(9-4-3-5-15-7-9)10-6-14(2)8-13-10/h6-8,11-12H,3-5H2,1-2H3. The van der Waals surface area contributed by atoms with Crippen molar-refractivity contribution in [2.45, 2.75) is 18.9 Å². The first-order valence-corrected chi connectivity index (χ1v) is 5.27. The zero-order chi connectivity index (χ0) is 10.7. The van der Waals surface area contributed by atoms with Crippen LogP contribution >= 0.6 is 0 Å². The monoisotopic (exact) mass is 207 g/mol. The highest BCUT2D eigenvalue weighted by Gasteiger charge is 2.19. The van der Waals surface area contributed by atoms with Crippen LogP contribution in [0.15, 0.2) is 24.4 Å². The third kappa shape index (κ3) is 2.21. The molecule has 0 saturated heterocycles. The van der Waals surface area contributed by atoms with Crippen LogP contribution in [0.25, 0.3) is 0 Å². The summed E-state index contributed by atoms with van der Waals surface area (Å²) in [4.78, 5) is 4.37. The van der Waals surface area contributed by atoms with Crippen molar-refractivity contribution >= 4 is 0 Å². The van der Waals surface area contributed by atoms with Crippen molar-refractivity contribution in [1.82, 2.24) is 14.9 Å². The maximum absolute atomic E-state index is 5.36. The fourth-order valence-electron chi connectivity index (χ4n) is 1.90. The van der Waals surface area contributed by atoms with E-state index < -0.39 is 0 Å². The van der Waals surface area contributed by atoms with Gasteiger partial charge in [0.25, 0.3) is 0 Å². The van der Waals surface area contributed by atoms with E-state index in [0.717, 1.165) is 25.1 Å². The third-order valence-corrected chi connectivity index (χ3v) is 2.64. The molecule has 1 aliphatic heterocycles. The summed E-state index contributed by atoms with van der Waals surface area (Å²) in [5.74, 6) is 0. The molecule has 82 valence electrons. The first-order chi connectivity index (χ1) is 7.31. The van der Waals surface area contributed by atoms with Crippen molar-refractivity contribution in [3.8, 4) is 0 Å². The van der Waals surface area contributed by atoms with Crippen molar-refractivity contribution < 1.29 is 4.74 Å². The number of hydrogen-bond donors (Lipinski definition) is 1. The van der Waals surface area contributed by atoms with Crippen molar-refractivity contribution in [2.24, 2.45) is 7.05 Å². The van der Waals surface area contributed by atoms with Crippen LogP contribution < -0.4 is 5.32 Å². The molecule has 2 heterocycles. The molecule has 0 fully saturated rings. The lowest BCUT2D eigenvalue weighted by Gasteiger charge is -2.21. The summed E-state index contributed by atoms with van der Waals surface area (Å²) in [6.07, 6.45) is 7.92. The third-order valence-electron chi connectivity index (χ3n) is 2.64. The number of ether oxygens (including phenoxy) is 1. The van der Waals surface area contributed by atoms with Crippen LogP contribution in [0.3, 0.4) is 0 Å². The number of rotatable bonds is 3. The molecule has 0 amide bonds. The molecule has 4 heteroatoms.